The van der Waals surface area contributed by atoms with Crippen molar-refractivity contribution in [2.24, 2.45) is 5.41 Å². The summed E-state index contributed by atoms with van der Waals surface area (Å²) in [5, 5.41) is 25.2. The second-order valence-corrected chi connectivity index (χ2v) is 14.5. The lowest BCUT2D eigenvalue weighted by Gasteiger charge is -2.29. The van der Waals surface area contributed by atoms with Crippen molar-refractivity contribution in [3.63, 3.8) is 0 Å². The van der Waals surface area contributed by atoms with Crippen LogP contribution in [0, 0.1) is 12.3 Å². The molecule has 13 nitrogen and oxygen atoms in total. The molecular formula is C26H36N5O8PS. The number of imidazole rings is 1. The van der Waals surface area contributed by atoms with Gasteiger partial charge in [0.25, 0.3) is 5.56 Å². The molecule has 1 aliphatic heterocycles. The number of aryl methyl sites for hydroxylation is 1. The van der Waals surface area contributed by atoms with Gasteiger partial charge in [0.05, 0.1) is 19.5 Å². The average molecular weight is 610 g/mol. The van der Waals surface area contributed by atoms with Crippen molar-refractivity contribution in [3.8, 4) is 5.75 Å². The van der Waals surface area contributed by atoms with Gasteiger partial charge in [0.2, 0.25) is 0 Å². The molecule has 1 aliphatic rings. The van der Waals surface area contributed by atoms with Crippen LogP contribution in [0.4, 0.5) is 0 Å². The van der Waals surface area contributed by atoms with Crippen molar-refractivity contribution in [1.82, 2.24) is 24.6 Å². The summed E-state index contributed by atoms with van der Waals surface area (Å²) in [5.74, 6) is 0.231. The minimum atomic E-state index is -3.44. The second-order valence-electron chi connectivity index (χ2n) is 11.4. The van der Waals surface area contributed by atoms with E-state index < -0.39 is 48.2 Å². The summed E-state index contributed by atoms with van der Waals surface area (Å²) in [6.45, 7) is 6.92. The number of para-hydroxylation sites is 1. The molecule has 0 radical (unpaired) electrons. The molecular weight excluding hydrogens is 573 g/mol. The molecule has 15 heteroatoms. The first kappa shape index (κ1) is 31.2. The predicted octanol–water partition coefficient (Wildman–Crippen LogP) is 2.32. The molecule has 0 bridgehead atoms. The number of aromatic amines is 1. The number of aliphatic hydroxyl groups is 2. The van der Waals surface area contributed by atoms with Gasteiger partial charge in [-0.1, -0.05) is 39.0 Å². The zero-order valence-corrected chi connectivity index (χ0v) is 25.4. The zero-order valence-electron chi connectivity index (χ0n) is 23.7. The van der Waals surface area contributed by atoms with Gasteiger partial charge in [-0.05, 0) is 50.1 Å². The van der Waals surface area contributed by atoms with Crippen molar-refractivity contribution in [2.75, 3.05) is 13.2 Å². The number of nitrogens with zero attached hydrogens (tertiary/aromatic N) is 3. The topological polar surface area (TPSA) is 170 Å². The van der Waals surface area contributed by atoms with Crippen LogP contribution < -0.4 is 15.2 Å². The highest BCUT2D eigenvalue weighted by Crippen LogP contribution is 2.47. The number of hydrogen-bond donors (Lipinski definition) is 4. The van der Waals surface area contributed by atoms with Gasteiger partial charge in [-0.25, -0.2) is 15.1 Å². The molecule has 0 amide bonds. The molecule has 3 heterocycles. The lowest BCUT2D eigenvalue weighted by molar-refractivity contribution is -0.148. The third-order valence-corrected chi connectivity index (χ3v) is 8.79. The summed E-state index contributed by atoms with van der Waals surface area (Å²) in [4.78, 5) is 36.0. The Morgan fingerprint density at radius 1 is 1.34 bits per heavy atom. The molecule has 2 unspecified atom stereocenters. The van der Waals surface area contributed by atoms with Crippen molar-refractivity contribution >= 4 is 35.6 Å². The van der Waals surface area contributed by atoms with Crippen LogP contribution in [-0.2, 0) is 30.6 Å². The van der Waals surface area contributed by atoms with E-state index in [0.29, 0.717) is 11.6 Å². The Morgan fingerprint density at radius 2 is 2.02 bits per heavy atom. The van der Waals surface area contributed by atoms with Gasteiger partial charge in [0, 0.05) is 0 Å². The molecule has 41 heavy (non-hydrogen) atoms. The van der Waals surface area contributed by atoms with E-state index in [-0.39, 0.29) is 29.8 Å². The molecule has 1 saturated heterocycles. The minimum absolute atomic E-state index is 0.0625. The predicted molar refractivity (Wildman–Crippen MR) is 154 cm³/mol. The molecule has 4 rings (SSSR count). The SMILES string of the molecule is Cc1nc2c(ncn2[C@@H]2O[C@H](COP(=S)(NC(C)C(=O)OCC(C)(C)C)Oc3ccccc3)[C@@H](O)[C@@]2(C)O)c(=O)[nH]1. The Balaban J connectivity index is 1.53. The number of ether oxygens (including phenoxy) is 2. The highest BCUT2D eigenvalue weighted by molar-refractivity contribution is 8.09. The van der Waals surface area contributed by atoms with Crippen LogP contribution in [0.3, 0.4) is 0 Å². The average Bonchev–Trinajstić information content (AvgIpc) is 3.39. The van der Waals surface area contributed by atoms with Crippen molar-refractivity contribution in [2.45, 2.75) is 71.6 Å². The highest BCUT2D eigenvalue weighted by atomic mass is 32.5. The summed E-state index contributed by atoms with van der Waals surface area (Å²) < 4.78 is 24.9. The van der Waals surface area contributed by atoms with Crippen LogP contribution in [0.15, 0.2) is 41.5 Å². The number of fused-ring (bicyclic) bond motifs is 1. The third-order valence-electron chi connectivity index (χ3n) is 6.29. The molecule has 0 saturated carbocycles. The minimum Gasteiger partial charge on any atom is -0.464 e. The maximum Gasteiger partial charge on any atom is 0.323 e. The fraction of sp³-hybridized carbons (Fsp3) is 0.538. The van der Waals surface area contributed by atoms with E-state index in [1.165, 1.54) is 17.8 Å². The van der Waals surface area contributed by atoms with Crippen LogP contribution in [0.25, 0.3) is 11.2 Å². The summed E-state index contributed by atoms with van der Waals surface area (Å²) in [6, 6.07) is 7.85. The van der Waals surface area contributed by atoms with Gasteiger partial charge < -0.3 is 33.7 Å². The normalized spacial score (nSPS) is 25.1. The number of carbonyl (C=O) groups is 1. The number of benzene rings is 1. The van der Waals surface area contributed by atoms with E-state index in [2.05, 4.69) is 20.0 Å². The Kier molecular flexibility index (Phi) is 9.05. The molecule has 0 aliphatic carbocycles. The first-order valence-electron chi connectivity index (χ1n) is 13.0. The quantitative estimate of drug-likeness (QED) is 0.196. The fourth-order valence-electron chi connectivity index (χ4n) is 4.17. The number of hydrogen-bond acceptors (Lipinski definition) is 11. The molecule has 0 spiro atoms. The highest BCUT2D eigenvalue weighted by Gasteiger charge is 2.54. The largest absolute Gasteiger partial charge is 0.464 e. The lowest BCUT2D eigenvalue weighted by atomic mass is 9.96. The van der Waals surface area contributed by atoms with E-state index in [1.807, 2.05) is 26.8 Å². The van der Waals surface area contributed by atoms with Crippen molar-refractivity contribution in [1.29, 1.82) is 0 Å². The molecule has 2 aromatic heterocycles. The van der Waals surface area contributed by atoms with Gasteiger partial charge in [-0.2, -0.15) is 0 Å². The van der Waals surface area contributed by atoms with Gasteiger partial charge in [0.1, 0.15) is 35.4 Å². The van der Waals surface area contributed by atoms with Gasteiger partial charge in [-0.15, -0.1) is 0 Å². The third kappa shape index (κ3) is 7.20. The number of nitrogens with one attached hydrogen (secondary N) is 2. The van der Waals surface area contributed by atoms with Crippen LogP contribution in [0.1, 0.15) is 46.7 Å². The second kappa shape index (κ2) is 11.9. The van der Waals surface area contributed by atoms with Crippen LogP contribution in [-0.4, -0.2) is 72.8 Å². The lowest BCUT2D eigenvalue weighted by Crippen LogP contribution is -2.44. The molecule has 224 valence electrons. The smallest absolute Gasteiger partial charge is 0.323 e. The van der Waals surface area contributed by atoms with Gasteiger partial charge >= 0.3 is 12.6 Å². The van der Waals surface area contributed by atoms with Crippen LogP contribution in [0.2, 0.25) is 0 Å². The Bertz CT molecular complexity index is 1490. The molecule has 1 aromatic carbocycles. The molecule has 6 atom stereocenters. The number of aromatic nitrogens is 4. The fourth-order valence-corrected chi connectivity index (χ4v) is 6.59. The van der Waals surface area contributed by atoms with Crippen LogP contribution >= 0.6 is 6.64 Å². The molecule has 1 fully saturated rings. The maximum atomic E-state index is 12.7. The maximum absolute atomic E-state index is 12.7. The van der Waals surface area contributed by atoms with Gasteiger partial charge in [0.15, 0.2) is 17.4 Å². The first-order chi connectivity index (χ1) is 19.1. The number of carbonyl (C=O) groups excluding carboxylic acids is 1. The van der Waals surface area contributed by atoms with Crippen molar-refractivity contribution < 1.29 is 33.5 Å². The summed E-state index contributed by atoms with van der Waals surface area (Å²) >= 11 is 5.75. The molecule has 4 N–H and O–H groups in total. The Labute approximate surface area is 242 Å². The van der Waals surface area contributed by atoms with E-state index in [0.717, 1.165) is 0 Å². The molecule has 3 aromatic rings. The van der Waals surface area contributed by atoms with E-state index in [4.69, 9.17) is 30.3 Å². The van der Waals surface area contributed by atoms with E-state index in [1.54, 1.807) is 38.1 Å². The Hall–Kier alpha value is -2.71. The van der Waals surface area contributed by atoms with Gasteiger partial charge in [-0.3, -0.25) is 14.2 Å². The van der Waals surface area contributed by atoms with Crippen LogP contribution in [0.5, 0.6) is 5.75 Å². The van der Waals surface area contributed by atoms with Crippen molar-refractivity contribution in [3.05, 3.63) is 52.8 Å². The summed E-state index contributed by atoms with van der Waals surface area (Å²) in [7, 11) is 0. The van der Waals surface area contributed by atoms with E-state index >= 15 is 0 Å². The first-order valence-corrected chi connectivity index (χ1v) is 15.7. The zero-order chi connectivity index (χ0) is 30.2. The number of H-pyrrole nitrogens is 1. The van der Waals surface area contributed by atoms with E-state index in [9.17, 15) is 19.8 Å². The number of rotatable bonds is 10. The Morgan fingerprint density at radius 3 is 2.68 bits per heavy atom. The number of aliphatic hydroxyl groups excluding tert-OH is 1. The number of esters is 1. The standard InChI is InChI=1S/C26H36N5O8PS/c1-15(23(34)36-13-25(3,4)5)30-40(41,39-17-10-8-7-9-11-17)37-12-18-20(32)26(6,35)24(38-18)31-14-27-19-21(31)28-16(2)29-22(19)33/h7-11,14-15,18,20,24,32,35H,12-13H2,1-6H3,(H,30,41)(H,28,29,33)/t15?,18-,20-,24-,26-,40?/m1/s1. The summed E-state index contributed by atoms with van der Waals surface area (Å²) in [6.07, 6.45) is -2.34. The summed E-state index contributed by atoms with van der Waals surface area (Å²) in [5.41, 5.74) is -2.23. The monoisotopic (exact) mass is 609 g/mol.